The van der Waals surface area contributed by atoms with Crippen LogP contribution in [0.25, 0.3) is 0 Å². The summed E-state index contributed by atoms with van der Waals surface area (Å²) in [5, 5.41) is 0. The van der Waals surface area contributed by atoms with Crippen LogP contribution >= 0.6 is 0 Å². The van der Waals surface area contributed by atoms with E-state index in [9.17, 15) is 4.79 Å². The average Bonchev–Trinajstić information content (AvgIpc) is 2.72. The average molecular weight is 362 g/mol. The van der Waals surface area contributed by atoms with Gasteiger partial charge in [0.25, 0.3) is 0 Å². The van der Waals surface area contributed by atoms with Crippen LogP contribution in [0.3, 0.4) is 0 Å². The van der Waals surface area contributed by atoms with Gasteiger partial charge in [-0.3, -0.25) is 0 Å². The molecule has 3 rings (SSSR count). The van der Waals surface area contributed by atoms with Gasteiger partial charge < -0.3 is 14.2 Å². The van der Waals surface area contributed by atoms with E-state index in [1.807, 2.05) is 78.9 Å². The number of benzene rings is 3. The first kappa shape index (κ1) is 18.5. The van der Waals surface area contributed by atoms with E-state index in [1.165, 1.54) is 0 Å². The maximum atomic E-state index is 12.5. The van der Waals surface area contributed by atoms with E-state index in [4.69, 9.17) is 14.2 Å². The number of carbonyl (C=O) groups is 1. The minimum absolute atomic E-state index is 0.289. The summed E-state index contributed by atoms with van der Waals surface area (Å²) in [5.41, 5.74) is 1.78. The quantitative estimate of drug-likeness (QED) is 0.532. The van der Waals surface area contributed by atoms with Crippen molar-refractivity contribution < 1.29 is 19.0 Å². The van der Waals surface area contributed by atoms with Crippen molar-refractivity contribution in [3.63, 3.8) is 0 Å². The molecule has 3 aromatic carbocycles. The third kappa shape index (κ3) is 5.11. The van der Waals surface area contributed by atoms with Crippen LogP contribution in [-0.4, -0.2) is 12.6 Å². The van der Waals surface area contributed by atoms with E-state index < -0.39 is 12.1 Å². The van der Waals surface area contributed by atoms with Crippen LogP contribution in [0, 0.1) is 0 Å². The molecule has 0 amide bonds. The minimum Gasteiger partial charge on any atom is -0.485 e. The maximum Gasteiger partial charge on any atom is 0.352 e. The van der Waals surface area contributed by atoms with Crippen LogP contribution in [0.1, 0.15) is 24.2 Å². The molecule has 0 radical (unpaired) electrons. The van der Waals surface area contributed by atoms with Gasteiger partial charge >= 0.3 is 5.97 Å². The smallest absolute Gasteiger partial charge is 0.352 e. The van der Waals surface area contributed by atoms with Crippen LogP contribution in [0.2, 0.25) is 0 Å². The van der Waals surface area contributed by atoms with Gasteiger partial charge in [-0.1, -0.05) is 72.8 Å². The molecular formula is C23H22O4. The Hall–Kier alpha value is -3.27. The van der Waals surface area contributed by atoms with Gasteiger partial charge in [-0.2, -0.15) is 0 Å². The van der Waals surface area contributed by atoms with Gasteiger partial charge in [-0.05, 0) is 24.6 Å². The number of rotatable bonds is 8. The second-order valence-electron chi connectivity index (χ2n) is 5.88. The van der Waals surface area contributed by atoms with E-state index in [1.54, 1.807) is 13.0 Å². The predicted molar refractivity (Wildman–Crippen MR) is 104 cm³/mol. The lowest BCUT2D eigenvalue weighted by molar-refractivity contribution is -0.151. The molecule has 0 aromatic heterocycles. The first-order valence-electron chi connectivity index (χ1n) is 8.92. The third-order valence-electron chi connectivity index (χ3n) is 3.93. The Morgan fingerprint density at radius 1 is 0.815 bits per heavy atom. The van der Waals surface area contributed by atoms with E-state index >= 15 is 0 Å². The first-order valence-corrected chi connectivity index (χ1v) is 8.92. The predicted octanol–water partition coefficient (Wildman–Crippen LogP) is 4.95. The van der Waals surface area contributed by atoms with Crippen molar-refractivity contribution >= 4 is 5.97 Å². The summed E-state index contributed by atoms with van der Waals surface area (Å²) in [6.07, 6.45) is -0.854. The summed E-state index contributed by atoms with van der Waals surface area (Å²) in [6, 6.07) is 26.5. The molecule has 0 heterocycles. The fourth-order valence-electron chi connectivity index (χ4n) is 2.63. The van der Waals surface area contributed by atoms with E-state index in [2.05, 4.69) is 0 Å². The highest BCUT2D eigenvalue weighted by Gasteiger charge is 2.25. The van der Waals surface area contributed by atoms with Gasteiger partial charge in [0.05, 0.1) is 6.61 Å². The summed E-state index contributed by atoms with van der Waals surface area (Å²) >= 11 is 0. The molecule has 0 aliphatic carbocycles. The van der Waals surface area contributed by atoms with Crippen molar-refractivity contribution in [2.45, 2.75) is 19.6 Å². The van der Waals surface area contributed by atoms with Crippen molar-refractivity contribution in [1.82, 2.24) is 0 Å². The lowest BCUT2D eigenvalue weighted by Gasteiger charge is -2.20. The zero-order valence-corrected chi connectivity index (χ0v) is 15.2. The van der Waals surface area contributed by atoms with Crippen LogP contribution in [0.5, 0.6) is 11.5 Å². The molecule has 138 valence electrons. The fourth-order valence-corrected chi connectivity index (χ4v) is 2.63. The van der Waals surface area contributed by atoms with Crippen LogP contribution in [-0.2, 0) is 16.1 Å². The minimum atomic E-state index is -0.854. The summed E-state index contributed by atoms with van der Waals surface area (Å²) in [5.74, 6) is 0.642. The van der Waals surface area contributed by atoms with Crippen molar-refractivity contribution in [2.24, 2.45) is 0 Å². The number of ether oxygens (including phenoxy) is 3. The Labute approximate surface area is 159 Å². The molecule has 4 heteroatoms. The second-order valence-corrected chi connectivity index (χ2v) is 5.88. The molecule has 0 aliphatic rings. The molecular weight excluding hydrogens is 340 g/mol. The Morgan fingerprint density at radius 2 is 1.41 bits per heavy atom. The topological polar surface area (TPSA) is 44.8 Å². The Kier molecular flexibility index (Phi) is 6.47. The summed E-state index contributed by atoms with van der Waals surface area (Å²) in [4.78, 5) is 12.5. The zero-order chi connectivity index (χ0) is 18.9. The second kappa shape index (κ2) is 9.43. The Morgan fingerprint density at radius 3 is 2.07 bits per heavy atom. The van der Waals surface area contributed by atoms with Gasteiger partial charge in [-0.15, -0.1) is 0 Å². The molecule has 27 heavy (non-hydrogen) atoms. The van der Waals surface area contributed by atoms with Gasteiger partial charge in [-0.25, -0.2) is 4.79 Å². The van der Waals surface area contributed by atoms with Gasteiger partial charge in [0.2, 0.25) is 6.10 Å². The molecule has 4 nitrogen and oxygen atoms in total. The number of hydrogen-bond donors (Lipinski definition) is 0. The SMILES string of the molecule is CCOC(=O)C(Oc1ccccc1OCc1ccccc1)c1ccccc1. The van der Waals surface area contributed by atoms with Crippen molar-refractivity contribution in [1.29, 1.82) is 0 Å². The number of para-hydroxylation sites is 2. The lowest BCUT2D eigenvalue weighted by Crippen LogP contribution is -2.21. The summed E-state index contributed by atoms with van der Waals surface area (Å²) in [7, 11) is 0. The van der Waals surface area contributed by atoms with Gasteiger partial charge in [0.1, 0.15) is 6.61 Å². The van der Waals surface area contributed by atoms with Crippen molar-refractivity contribution in [3.8, 4) is 11.5 Å². The molecule has 0 aliphatic heterocycles. The Bertz CT molecular complexity index is 847. The molecule has 0 saturated heterocycles. The number of esters is 1. The highest BCUT2D eigenvalue weighted by molar-refractivity contribution is 5.77. The molecule has 0 bridgehead atoms. The van der Waals surface area contributed by atoms with Crippen LogP contribution in [0.4, 0.5) is 0 Å². The first-order chi connectivity index (χ1) is 13.3. The van der Waals surface area contributed by atoms with Crippen LogP contribution in [0.15, 0.2) is 84.9 Å². The maximum absolute atomic E-state index is 12.5. The van der Waals surface area contributed by atoms with Gasteiger partial charge in [0.15, 0.2) is 11.5 Å². The Balaban J connectivity index is 1.80. The van der Waals surface area contributed by atoms with E-state index in [-0.39, 0.29) is 6.61 Å². The molecule has 0 saturated carbocycles. The number of hydrogen-bond acceptors (Lipinski definition) is 4. The monoisotopic (exact) mass is 362 g/mol. The van der Waals surface area contributed by atoms with Crippen LogP contribution < -0.4 is 9.47 Å². The highest BCUT2D eigenvalue weighted by atomic mass is 16.6. The van der Waals surface area contributed by atoms with E-state index in [0.717, 1.165) is 11.1 Å². The third-order valence-corrected chi connectivity index (χ3v) is 3.93. The summed E-state index contributed by atoms with van der Waals surface area (Å²) < 4.78 is 17.2. The fraction of sp³-hybridized carbons (Fsp3) is 0.174. The highest BCUT2D eigenvalue weighted by Crippen LogP contribution is 2.32. The van der Waals surface area contributed by atoms with Crippen molar-refractivity contribution in [3.05, 3.63) is 96.1 Å². The van der Waals surface area contributed by atoms with Gasteiger partial charge in [0, 0.05) is 5.56 Å². The largest absolute Gasteiger partial charge is 0.485 e. The molecule has 1 unspecified atom stereocenters. The molecule has 0 spiro atoms. The van der Waals surface area contributed by atoms with Crippen molar-refractivity contribution in [2.75, 3.05) is 6.61 Å². The lowest BCUT2D eigenvalue weighted by atomic mass is 10.1. The summed E-state index contributed by atoms with van der Waals surface area (Å²) in [6.45, 7) is 2.48. The number of carbonyl (C=O) groups excluding carboxylic acids is 1. The molecule has 3 aromatic rings. The zero-order valence-electron chi connectivity index (χ0n) is 15.2. The molecule has 0 N–H and O–H groups in total. The standard InChI is InChI=1S/C23H22O4/c1-2-25-23(24)22(19-13-7-4-8-14-19)27-21-16-10-9-15-20(21)26-17-18-11-5-3-6-12-18/h3-16,22H,2,17H2,1H3. The molecule has 1 atom stereocenters. The normalized spacial score (nSPS) is 11.4. The molecule has 0 fully saturated rings. The van der Waals surface area contributed by atoms with E-state index in [0.29, 0.717) is 18.1 Å².